The lowest BCUT2D eigenvalue weighted by Crippen LogP contribution is -2.37. The molecule has 0 radical (unpaired) electrons. The van der Waals surface area contributed by atoms with E-state index in [-0.39, 0.29) is 11.8 Å². The summed E-state index contributed by atoms with van der Waals surface area (Å²) < 4.78 is 18.0. The predicted molar refractivity (Wildman–Crippen MR) is 102 cm³/mol. The Morgan fingerprint density at radius 1 is 1.22 bits per heavy atom. The molecule has 1 aromatic heterocycles. The number of nitrogens with one attached hydrogen (secondary N) is 2. The van der Waals surface area contributed by atoms with E-state index in [0.29, 0.717) is 36.2 Å². The van der Waals surface area contributed by atoms with Crippen LogP contribution >= 0.6 is 0 Å². The molecule has 1 fully saturated rings. The van der Waals surface area contributed by atoms with Crippen LogP contribution in [0.4, 0.5) is 5.82 Å². The third-order valence-electron chi connectivity index (χ3n) is 4.74. The smallest absolute Gasteiger partial charge is 0.229 e. The molecule has 146 valence electrons. The summed E-state index contributed by atoms with van der Waals surface area (Å²) in [5.74, 6) is 2.37. The van der Waals surface area contributed by atoms with Gasteiger partial charge < -0.3 is 24.8 Å². The maximum absolute atomic E-state index is 12.5. The number of methoxy groups -OCH3 is 3. The molecule has 0 saturated carbocycles. The third-order valence-corrected chi connectivity index (χ3v) is 4.74. The van der Waals surface area contributed by atoms with Crippen molar-refractivity contribution < 1.29 is 19.0 Å². The summed E-state index contributed by atoms with van der Waals surface area (Å²) in [4.78, 5) is 12.5. The van der Waals surface area contributed by atoms with E-state index in [1.807, 2.05) is 12.1 Å². The van der Waals surface area contributed by atoms with Gasteiger partial charge in [-0.15, -0.1) is 0 Å². The zero-order valence-corrected chi connectivity index (χ0v) is 15.9. The summed E-state index contributed by atoms with van der Waals surface area (Å²) in [6.45, 7) is 2.11. The van der Waals surface area contributed by atoms with Crippen molar-refractivity contribution >= 4 is 11.7 Å². The Morgan fingerprint density at radius 3 is 2.70 bits per heavy atom. The Labute approximate surface area is 158 Å². The van der Waals surface area contributed by atoms with Crippen molar-refractivity contribution in [3.8, 4) is 17.2 Å². The molecule has 0 spiro atoms. The zero-order chi connectivity index (χ0) is 19.2. The van der Waals surface area contributed by atoms with Gasteiger partial charge in [0, 0.05) is 18.2 Å². The summed E-state index contributed by atoms with van der Waals surface area (Å²) in [7, 11) is 4.74. The summed E-state index contributed by atoms with van der Waals surface area (Å²) in [6, 6.07) is 5.52. The molecule has 1 aliphatic rings. The highest BCUT2D eigenvalue weighted by molar-refractivity contribution is 5.92. The van der Waals surface area contributed by atoms with E-state index in [0.717, 1.165) is 24.9 Å². The Hall–Kier alpha value is -2.74. The monoisotopic (exact) mass is 374 g/mol. The minimum atomic E-state index is -0.0160. The molecule has 8 heteroatoms. The van der Waals surface area contributed by atoms with Gasteiger partial charge in [-0.1, -0.05) is 0 Å². The van der Waals surface area contributed by atoms with Crippen LogP contribution in [0.5, 0.6) is 17.2 Å². The SMILES string of the molecule is COc1ccc(Cn2nccc2NC(=O)C2CCCNC2)c(OC)c1OC. The molecule has 8 nitrogen and oxygen atoms in total. The van der Waals surface area contributed by atoms with Gasteiger partial charge >= 0.3 is 0 Å². The molecule has 1 atom stereocenters. The summed E-state index contributed by atoms with van der Waals surface area (Å²) in [5.41, 5.74) is 0.869. The average Bonchev–Trinajstić information content (AvgIpc) is 3.14. The van der Waals surface area contributed by atoms with Gasteiger partial charge in [0.05, 0.1) is 40.0 Å². The van der Waals surface area contributed by atoms with Gasteiger partial charge in [0.25, 0.3) is 0 Å². The maximum Gasteiger partial charge on any atom is 0.229 e. The molecule has 1 amide bonds. The molecule has 3 rings (SSSR count). The van der Waals surface area contributed by atoms with E-state index >= 15 is 0 Å². The van der Waals surface area contributed by atoms with Crippen molar-refractivity contribution in [3.63, 3.8) is 0 Å². The lowest BCUT2D eigenvalue weighted by atomic mass is 9.99. The van der Waals surface area contributed by atoms with Crippen LogP contribution in [-0.2, 0) is 11.3 Å². The van der Waals surface area contributed by atoms with Crippen LogP contribution in [0.2, 0.25) is 0 Å². The maximum atomic E-state index is 12.5. The zero-order valence-electron chi connectivity index (χ0n) is 15.9. The van der Waals surface area contributed by atoms with Gasteiger partial charge in [0.2, 0.25) is 11.7 Å². The number of hydrogen-bond donors (Lipinski definition) is 2. The van der Waals surface area contributed by atoms with Gasteiger partial charge in [0.15, 0.2) is 11.5 Å². The molecule has 2 heterocycles. The first-order valence-electron chi connectivity index (χ1n) is 8.99. The number of piperidine rings is 1. The van der Waals surface area contributed by atoms with E-state index < -0.39 is 0 Å². The largest absolute Gasteiger partial charge is 0.493 e. The lowest BCUT2D eigenvalue weighted by Gasteiger charge is -2.22. The van der Waals surface area contributed by atoms with Gasteiger partial charge in [-0.25, -0.2) is 4.68 Å². The van der Waals surface area contributed by atoms with E-state index in [2.05, 4.69) is 15.7 Å². The van der Waals surface area contributed by atoms with Crippen molar-refractivity contribution in [2.75, 3.05) is 39.7 Å². The van der Waals surface area contributed by atoms with E-state index in [9.17, 15) is 4.79 Å². The van der Waals surface area contributed by atoms with Crippen LogP contribution in [0.1, 0.15) is 18.4 Å². The number of carbonyl (C=O) groups excluding carboxylic acids is 1. The van der Waals surface area contributed by atoms with Gasteiger partial charge in [-0.3, -0.25) is 4.79 Å². The second-order valence-electron chi connectivity index (χ2n) is 6.40. The van der Waals surface area contributed by atoms with Crippen molar-refractivity contribution in [2.24, 2.45) is 5.92 Å². The summed E-state index contributed by atoms with van der Waals surface area (Å²) in [5, 5.41) is 10.6. The van der Waals surface area contributed by atoms with E-state index in [4.69, 9.17) is 14.2 Å². The first-order valence-corrected chi connectivity index (χ1v) is 8.99. The molecular formula is C19H26N4O4. The highest BCUT2D eigenvalue weighted by Gasteiger charge is 2.22. The van der Waals surface area contributed by atoms with Gasteiger partial charge in [0.1, 0.15) is 5.82 Å². The van der Waals surface area contributed by atoms with Crippen LogP contribution in [0.15, 0.2) is 24.4 Å². The second-order valence-corrected chi connectivity index (χ2v) is 6.40. The topological polar surface area (TPSA) is 86.6 Å². The van der Waals surface area contributed by atoms with Crippen molar-refractivity contribution in [3.05, 3.63) is 30.0 Å². The minimum absolute atomic E-state index is 0.0160. The Bertz CT molecular complexity index is 784. The van der Waals surface area contributed by atoms with Crippen molar-refractivity contribution in [1.82, 2.24) is 15.1 Å². The molecule has 0 aliphatic carbocycles. The molecular weight excluding hydrogens is 348 g/mol. The van der Waals surface area contributed by atoms with Gasteiger partial charge in [-0.2, -0.15) is 5.10 Å². The second kappa shape index (κ2) is 8.77. The molecule has 1 aliphatic heterocycles. The summed E-state index contributed by atoms with van der Waals surface area (Å²) in [6.07, 6.45) is 3.58. The third kappa shape index (κ3) is 4.16. The molecule has 1 saturated heterocycles. The Kier molecular flexibility index (Phi) is 6.18. The van der Waals surface area contributed by atoms with Crippen LogP contribution in [-0.4, -0.2) is 50.1 Å². The number of benzene rings is 1. The van der Waals surface area contributed by atoms with Crippen LogP contribution < -0.4 is 24.8 Å². The molecule has 1 aromatic carbocycles. The number of ether oxygens (including phenoxy) is 3. The van der Waals surface area contributed by atoms with Crippen molar-refractivity contribution in [1.29, 1.82) is 0 Å². The quantitative estimate of drug-likeness (QED) is 0.770. The Morgan fingerprint density at radius 2 is 2.04 bits per heavy atom. The molecule has 2 aromatic rings. The number of anilines is 1. The minimum Gasteiger partial charge on any atom is -0.493 e. The number of carbonyl (C=O) groups is 1. The van der Waals surface area contributed by atoms with Crippen molar-refractivity contribution in [2.45, 2.75) is 19.4 Å². The van der Waals surface area contributed by atoms with Crippen LogP contribution in [0.25, 0.3) is 0 Å². The molecule has 27 heavy (non-hydrogen) atoms. The van der Waals surface area contributed by atoms with Gasteiger partial charge in [-0.05, 0) is 31.5 Å². The molecule has 1 unspecified atom stereocenters. The highest BCUT2D eigenvalue weighted by atomic mass is 16.5. The first kappa shape index (κ1) is 19.0. The number of amides is 1. The fraction of sp³-hybridized carbons (Fsp3) is 0.474. The number of aromatic nitrogens is 2. The highest BCUT2D eigenvalue weighted by Crippen LogP contribution is 2.40. The lowest BCUT2D eigenvalue weighted by molar-refractivity contribution is -0.120. The number of hydrogen-bond acceptors (Lipinski definition) is 6. The standard InChI is InChI=1S/C19H26N4O4/c1-25-15-7-6-14(17(26-2)18(15)27-3)12-23-16(8-10-21-23)22-19(24)13-5-4-9-20-11-13/h6-8,10,13,20H,4-5,9,11-12H2,1-3H3,(H,22,24). The summed E-state index contributed by atoms with van der Waals surface area (Å²) >= 11 is 0. The van der Waals surface area contributed by atoms with Crippen LogP contribution in [0, 0.1) is 5.92 Å². The fourth-order valence-corrected chi connectivity index (χ4v) is 3.32. The number of nitrogens with zero attached hydrogens (tertiary/aromatic N) is 2. The van der Waals surface area contributed by atoms with E-state index in [1.165, 1.54) is 0 Å². The predicted octanol–water partition coefficient (Wildman–Crippen LogP) is 1.90. The molecule has 0 bridgehead atoms. The Balaban J connectivity index is 1.79. The average molecular weight is 374 g/mol. The first-order chi connectivity index (χ1) is 13.2. The molecule has 2 N–H and O–H groups in total. The normalized spacial score (nSPS) is 16.6. The number of rotatable bonds is 7. The van der Waals surface area contributed by atoms with E-state index in [1.54, 1.807) is 38.3 Å². The fourth-order valence-electron chi connectivity index (χ4n) is 3.32. The van der Waals surface area contributed by atoms with Crippen LogP contribution in [0.3, 0.4) is 0 Å².